The first-order chi connectivity index (χ1) is 8.27. The summed E-state index contributed by atoms with van der Waals surface area (Å²) in [6, 6.07) is 0.0460. The van der Waals surface area contributed by atoms with Crippen LogP contribution in [0.1, 0.15) is 33.6 Å². The lowest BCUT2D eigenvalue weighted by atomic mass is 9.87. The van der Waals surface area contributed by atoms with Gasteiger partial charge in [0, 0.05) is 24.7 Å². The van der Waals surface area contributed by atoms with E-state index >= 15 is 0 Å². The highest BCUT2D eigenvalue weighted by Crippen LogP contribution is 2.32. The molecule has 0 aromatic heterocycles. The second-order valence-corrected chi connectivity index (χ2v) is 5.16. The molecule has 0 spiro atoms. The molecule has 1 saturated heterocycles. The fraction of sp³-hybridized carbons (Fsp3) is 1.00. The van der Waals surface area contributed by atoms with Crippen LogP contribution in [0.5, 0.6) is 0 Å². The van der Waals surface area contributed by atoms with Gasteiger partial charge in [-0.1, -0.05) is 13.8 Å². The second-order valence-electron chi connectivity index (χ2n) is 5.16. The molecule has 0 aromatic carbocycles. The van der Waals surface area contributed by atoms with E-state index in [0.29, 0.717) is 25.9 Å². The molecule has 0 saturated carbocycles. The summed E-state index contributed by atoms with van der Waals surface area (Å²) in [5.41, 5.74) is -0.440. The zero-order chi connectivity index (χ0) is 14.0. The van der Waals surface area contributed by atoms with Gasteiger partial charge >= 0.3 is 12.3 Å². The summed E-state index contributed by atoms with van der Waals surface area (Å²) in [6.45, 7) is 5.79. The maximum atomic E-state index is 13.3. The third-order valence-corrected chi connectivity index (χ3v) is 3.98. The van der Waals surface area contributed by atoms with Crippen molar-refractivity contribution in [3.8, 4) is 0 Å². The van der Waals surface area contributed by atoms with E-state index in [9.17, 15) is 17.6 Å². The van der Waals surface area contributed by atoms with E-state index < -0.39 is 24.4 Å². The molecule has 0 radical (unpaired) electrons. The number of halogens is 4. The minimum atomic E-state index is -3.94. The second kappa shape index (κ2) is 5.74. The molecule has 0 aromatic rings. The van der Waals surface area contributed by atoms with Crippen molar-refractivity contribution in [2.45, 2.75) is 57.5 Å². The van der Waals surface area contributed by atoms with Crippen LogP contribution >= 0.6 is 0 Å². The van der Waals surface area contributed by atoms with Crippen molar-refractivity contribution < 1.29 is 17.6 Å². The average Bonchev–Trinajstić information content (AvgIpc) is 2.29. The van der Waals surface area contributed by atoms with Crippen LogP contribution in [-0.4, -0.2) is 48.5 Å². The Balaban J connectivity index is 2.86. The highest BCUT2D eigenvalue weighted by atomic mass is 19.3. The van der Waals surface area contributed by atoms with Crippen molar-refractivity contribution in [2.24, 2.45) is 0 Å². The summed E-state index contributed by atoms with van der Waals surface area (Å²) >= 11 is 0. The number of alkyl halides is 4. The van der Waals surface area contributed by atoms with Crippen LogP contribution < -0.4 is 5.32 Å². The highest BCUT2D eigenvalue weighted by molar-refractivity contribution is 4.98. The molecular formula is C12H22F4N2. The minimum Gasteiger partial charge on any atom is -0.311 e. The summed E-state index contributed by atoms with van der Waals surface area (Å²) in [4.78, 5) is 1.54. The van der Waals surface area contributed by atoms with Gasteiger partial charge in [-0.2, -0.15) is 8.78 Å². The number of piperazine rings is 1. The highest BCUT2D eigenvalue weighted by Gasteiger charge is 2.47. The van der Waals surface area contributed by atoms with Gasteiger partial charge in [0.1, 0.15) is 0 Å². The summed E-state index contributed by atoms with van der Waals surface area (Å²) < 4.78 is 51.2. The average molecular weight is 270 g/mol. The Hall–Kier alpha value is -0.360. The predicted octanol–water partition coefficient (Wildman–Crippen LogP) is 2.74. The van der Waals surface area contributed by atoms with Gasteiger partial charge in [-0.3, -0.25) is 4.90 Å². The predicted molar refractivity (Wildman–Crippen MR) is 63.3 cm³/mol. The molecule has 1 aliphatic heterocycles. The van der Waals surface area contributed by atoms with Crippen molar-refractivity contribution in [1.82, 2.24) is 10.2 Å². The topological polar surface area (TPSA) is 15.3 Å². The molecule has 0 amide bonds. The number of rotatable bonds is 5. The van der Waals surface area contributed by atoms with Gasteiger partial charge in [0.05, 0.1) is 6.54 Å². The molecular weight excluding hydrogens is 248 g/mol. The monoisotopic (exact) mass is 270 g/mol. The summed E-state index contributed by atoms with van der Waals surface area (Å²) in [5.74, 6) is -3.94. The Morgan fingerprint density at radius 3 is 2.33 bits per heavy atom. The fourth-order valence-electron chi connectivity index (χ4n) is 2.57. The van der Waals surface area contributed by atoms with E-state index in [1.54, 1.807) is 4.90 Å². The largest absolute Gasteiger partial charge is 0.319 e. The molecule has 1 fully saturated rings. The van der Waals surface area contributed by atoms with Gasteiger partial charge in [-0.25, -0.2) is 8.78 Å². The molecule has 18 heavy (non-hydrogen) atoms. The lowest BCUT2D eigenvalue weighted by molar-refractivity contribution is -0.158. The van der Waals surface area contributed by atoms with Crippen molar-refractivity contribution in [3.05, 3.63) is 0 Å². The van der Waals surface area contributed by atoms with Gasteiger partial charge in [0.15, 0.2) is 0 Å². The minimum absolute atomic E-state index is 0.0460. The molecule has 0 bridgehead atoms. The Kier molecular flexibility index (Phi) is 5.00. The standard InChI is InChI=1S/C12H22F4N2/c1-4-11(5-2)7-17-9(3)6-18(11)8-12(15,16)10(13)14/h9-10,17H,4-8H2,1-3H3. The summed E-state index contributed by atoms with van der Waals surface area (Å²) in [5, 5.41) is 3.25. The van der Waals surface area contributed by atoms with E-state index in [0.717, 1.165) is 0 Å². The molecule has 1 atom stereocenters. The van der Waals surface area contributed by atoms with Crippen LogP contribution in [0, 0.1) is 0 Å². The molecule has 1 aliphatic rings. The van der Waals surface area contributed by atoms with Gasteiger partial charge < -0.3 is 5.32 Å². The first kappa shape index (κ1) is 15.7. The van der Waals surface area contributed by atoms with Crippen LogP contribution in [0.15, 0.2) is 0 Å². The smallest absolute Gasteiger partial charge is 0.311 e. The zero-order valence-corrected chi connectivity index (χ0v) is 11.1. The van der Waals surface area contributed by atoms with Crippen molar-refractivity contribution >= 4 is 0 Å². The first-order valence-corrected chi connectivity index (χ1v) is 6.42. The normalized spacial score (nSPS) is 25.7. The fourth-order valence-corrected chi connectivity index (χ4v) is 2.57. The van der Waals surface area contributed by atoms with Crippen molar-refractivity contribution in [3.63, 3.8) is 0 Å². The van der Waals surface area contributed by atoms with Crippen LogP contribution in [0.25, 0.3) is 0 Å². The Labute approximate surface area is 106 Å². The summed E-state index contributed by atoms with van der Waals surface area (Å²) in [7, 11) is 0. The van der Waals surface area contributed by atoms with Gasteiger partial charge in [-0.15, -0.1) is 0 Å². The van der Waals surface area contributed by atoms with E-state index in [-0.39, 0.29) is 6.04 Å². The maximum absolute atomic E-state index is 13.3. The van der Waals surface area contributed by atoms with Crippen molar-refractivity contribution in [2.75, 3.05) is 19.6 Å². The Morgan fingerprint density at radius 2 is 1.89 bits per heavy atom. The van der Waals surface area contributed by atoms with E-state index in [1.165, 1.54) is 0 Å². The number of nitrogens with one attached hydrogen (secondary N) is 1. The first-order valence-electron chi connectivity index (χ1n) is 6.42. The molecule has 108 valence electrons. The summed E-state index contributed by atoms with van der Waals surface area (Å²) in [6.07, 6.45) is -2.26. The number of hydrogen-bond acceptors (Lipinski definition) is 2. The Morgan fingerprint density at radius 1 is 1.33 bits per heavy atom. The van der Waals surface area contributed by atoms with Crippen LogP contribution in [0.3, 0.4) is 0 Å². The van der Waals surface area contributed by atoms with Crippen LogP contribution in [0.4, 0.5) is 17.6 Å². The van der Waals surface area contributed by atoms with E-state index in [1.807, 2.05) is 20.8 Å². The number of hydrogen-bond donors (Lipinski definition) is 1. The molecule has 0 aliphatic carbocycles. The molecule has 6 heteroatoms. The van der Waals surface area contributed by atoms with Crippen LogP contribution in [0.2, 0.25) is 0 Å². The Bertz CT molecular complexity index is 267. The number of nitrogens with zero attached hydrogens (tertiary/aromatic N) is 1. The van der Waals surface area contributed by atoms with Gasteiger partial charge in [0.25, 0.3) is 0 Å². The lowest BCUT2D eigenvalue weighted by Crippen LogP contribution is -2.65. The quantitative estimate of drug-likeness (QED) is 0.773. The zero-order valence-electron chi connectivity index (χ0n) is 11.1. The van der Waals surface area contributed by atoms with Gasteiger partial charge in [0.2, 0.25) is 0 Å². The third kappa shape index (κ3) is 3.15. The maximum Gasteiger partial charge on any atom is 0.319 e. The molecule has 2 nitrogen and oxygen atoms in total. The van der Waals surface area contributed by atoms with Gasteiger partial charge in [-0.05, 0) is 19.8 Å². The third-order valence-electron chi connectivity index (χ3n) is 3.98. The molecule has 1 heterocycles. The molecule has 1 N–H and O–H groups in total. The van der Waals surface area contributed by atoms with E-state index in [4.69, 9.17) is 0 Å². The van der Waals surface area contributed by atoms with Crippen molar-refractivity contribution in [1.29, 1.82) is 0 Å². The SMILES string of the molecule is CCC1(CC)CNC(C)CN1CC(F)(F)C(F)F. The lowest BCUT2D eigenvalue weighted by Gasteiger charge is -2.50. The van der Waals surface area contributed by atoms with Crippen LogP contribution in [-0.2, 0) is 0 Å². The molecule has 1 rings (SSSR count). The van der Waals surface area contributed by atoms with E-state index in [2.05, 4.69) is 5.32 Å². The molecule has 1 unspecified atom stereocenters.